The summed E-state index contributed by atoms with van der Waals surface area (Å²) in [5.74, 6) is 1.14. The summed E-state index contributed by atoms with van der Waals surface area (Å²) in [6, 6.07) is 19.9. The summed E-state index contributed by atoms with van der Waals surface area (Å²) in [7, 11) is 0. The number of nitrogens with zero attached hydrogens (tertiary/aromatic N) is 1. The fraction of sp³-hybridized carbons (Fsp3) is 0.238. The number of benzene rings is 2. The van der Waals surface area contributed by atoms with Crippen molar-refractivity contribution in [2.24, 2.45) is 0 Å². The van der Waals surface area contributed by atoms with Crippen molar-refractivity contribution in [2.45, 2.75) is 0 Å². The number of rotatable bonds is 4. The number of pyridine rings is 1. The molecule has 1 fully saturated rings. The van der Waals surface area contributed by atoms with Crippen LogP contribution in [0.2, 0.25) is 5.02 Å². The van der Waals surface area contributed by atoms with E-state index in [1.807, 2.05) is 30.3 Å². The minimum Gasteiger partial charge on any atom is -0.321 e. The minimum absolute atomic E-state index is 0.00353. The molecule has 0 aliphatic carbocycles. The standard InChI is InChI=1S/C21H21ClN4O/c22-17-6-2-4-8-19(17)24-21(27)15-25-11-13-26(14-12-25)20-10-9-16-5-1-3-7-18(16)23-20/h1-10H,11-15H2,(H,24,27)/p+2. The van der Waals surface area contributed by atoms with E-state index in [2.05, 4.69) is 39.5 Å². The first-order valence-electron chi connectivity index (χ1n) is 9.23. The van der Waals surface area contributed by atoms with Crippen LogP contribution in [0.25, 0.3) is 10.9 Å². The van der Waals surface area contributed by atoms with Crippen molar-refractivity contribution in [3.63, 3.8) is 0 Å². The van der Waals surface area contributed by atoms with Gasteiger partial charge in [0.25, 0.3) is 11.7 Å². The highest BCUT2D eigenvalue weighted by molar-refractivity contribution is 6.33. The van der Waals surface area contributed by atoms with Crippen molar-refractivity contribution in [3.05, 3.63) is 65.7 Å². The Morgan fingerprint density at radius 3 is 2.59 bits per heavy atom. The summed E-state index contributed by atoms with van der Waals surface area (Å²) >= 11 is 6.11. The van der Waals surface area contributed by atoms with Crippen LogP contribution in [0.15, 0.2) is 60.7 Å². The Morgan fingerprint density at radius 1 is 1.04 bits per heavy atom. The van der Waals surface area contributed by atoms with Gasteiger partial charge in [0.05, 0.1) is 10.7 Å². The van der Waals surface area contributed by atoms with E-state index in [4.69, 9.17) is 11.6 Å². The summed E-state index contributed by atoms with van der Waals surface area (Å²) in [5, 5.41) is 4.69. The van der Waals surface area contributed by atoms with E-state index in [-0.39, 0.29) is 5.91 Å². The average Bonchev–Trinajstić information content (AvgIpc) is 2.70. The van der Waals surface area contributed by atoms with Crippen LogP contribution in [-0.4, -0.2) is 38.6 Å². The number of fused-ring (bicyclic) bond motifs is 1. The Bertz CT molecular complexity index is 954. The molecule has 2 aromatic carbocycles. The molecule has 1 aromatic heterocycles. The number of amides is 1. The Hall–Kier alpha value is -2.63. The molecule has 0 spiro atoms. The molecule has 138 valence electrons. The summed E-state index contributed by atoms with van der Waals surface area (Å²) in [5.41, 5.74) is 1.82. The lowest BCUT2D eigenvalue weighted by molar-refractivity contribution is -0.892. The zero-order valence-electron chi connectivity index (χ0n) is 15.0. The number of anilines is 2. The van der Waals surface area contributed by atoms with Crippen molar-refractivity contribution in [2.75, 3.05) is 42.9 Å². The highest BCUT2D eigenvalue weighted by Gasteiger charge is 2.27. The summed E-state index contributed by atoms with van der Waals surface area (Å²) in [6.45, 7) is 4.15. The maximum absolute atomic E-state index is 12.3. The SMILES string of the molecule is O=C(C[NH+]1CCN(c2ccc3ccccc3[nH+]2)CC1)Nc1ccccc1Cl. The maximum Gasteiger partial charge on any atom is 0.279 e. The van der Waals surface area contributed by atoms with Gasteiger partial charge in [0, 0.05) is 11.5 Å². The molecule has 6 heteroatoms. The van der Waals surface area contributed by atoms with Gasteiger partial charge in [0.2, 0.25) is 0 Å². The molecule has 0 atom stereocenters. The van der Waals surface area contributed by atoms with E-state index in [0.29, 0.717) is 17.3 Å². The number of nitrogens with one attached hydrogen (secondary N) is 3. The predicted molar refractivity (Wildman–Crippen MR) is 108 cm³/mol. The highest BCUT2D eigenvalue weighted by Crippen LogP contribution is 2.20. The van der Waals surface area contributed by atoms with Gasteiger partial charge >= 0.3 is 0 Å². The van der Waals surface area contributed by atoms with Crippen LogP contribution in [0.4, 0.5) is 11.5 Å². The van der Waals surface area contributed by atoms with Gasteiger partial charge in [-0.25, -0.2) is 4.98 Å². The van der Waals surface area contributed by atoms with Crippen molar-refractivity contribution >= 4 is 39.9 Å². The van der Waals surface area contributed by atoms with Gasteiger partial charge in [-0.1, -0.05) is 41.9 Å². The first kappa shape index (κ1) is 17.8. The molecular formula is C21H23ClN4O+2. The number of para-hydroxylation sites is 2. The van der Waals surface area contributed by atoms with Crippen LogP contribution in [-0.2, 0) is 4.79 Å². The Labute approximate surface area is 163 Å². The predicted octanol–water partition coefficient (Wildman–Crippen LogP) is 1.65. The van der Waals surface area contributed by atoms with Gasteiger partial charge in [-0.05, 0) is 24.3 Å². The van der Waals surface area contributed by atoms with Gasteiger partial charge in [-0.2, -0.15) is 0 Å². The van der Waals surface area contributed by atoms with Gasteiger partial charge in [-0.3, -0.25) is 9.69 Å². The van der Waals surface area contributed by atoms with Crippen molar-refractivity contribution < 1.29 is 14.7 Å². The number of carbonyl (C=O) groups is 1. The zero-order valence-corrected chi connectivity index (χ0v) is 15.8. The normalized spacial score (nSPS) is 15.1. The molecule has 3 N–H and O–H groups in total. The number of hydrogen-bond acceptors (Lipinski definition) is 2. The maximum atomic E-state index is 12.3. The number of carbonyl (C=O) groups excluding carboxylic acids is 1. The Kier molecular flexibility index (Phi) is 5.23. The molecule has 0 bridgehead atoms. The molecule has 0 unspecified atom stereocenters. The number of quaternary nitrogens is 1. The average molecular weight is 383 g/mol. The van der Waals surface area contributed by atoms with Crippen molar-refractivity contribution in [1.82, 2.24) is 0 Å². The Morgan fingerprint density at radius 2 is 1.78 bits per heavy atom. The summed E-state index contributed by atoms with van der Waals surface area (Å²) < 4.78 is 0. The molecule has 0 saturated carbocycles. The first-order valence-corrected chi connectivity index (χ1v) is 9.61. The third-order valence-corrected chi connectivity index (χ3v) is 5.34. The molecule has 2 heterocycles. The van der Waals surface area contributed by atoms with Crippen LogP contribution in [0.5, 0.6) is 0 Å². The van der Waals surface area contributed by atoms with Crippen molar-refractivity contribution in [3.8, 4) is 0 Å². The number of aromatic nitrogens is 1. The first-order chi connectivity index (χ1) is 13.2. The second-order valence-electron chi connectivity index (χ2n) is 6.87. The highest BCUT2D eigenvalue weighted by atomic mass is 35.5. The van der Waals surface area contributed by atoms with E-state index < -0.39 is 0 Å². The van der Waals surface area contributed by atoms with Crippen LogP contribution in [0.3, 0.4) is 0 Å². The minimum atomic E-state index is 0.00353. The molecular weight excluding hydrogens is 360 g/mol. The number of halogens is 1. The zero-order chi connectivity index (χ0) is 18.6. The molecule has 1 amide bonds. The van der Waals surface area contributed by atoms with Gasteiger partial charge < -0.3 is 10.2 Å². The molecule has 1 aliphatic heterocycles. The third kappa shape index (κ3) is 4.21. The van der Waals surface area contributed by atoms with Crippen LogP contribution in [0.1, 0.15) is 0 Å². The molecule has 0 radical (unpaired) electrons. The molecule has 4 rings (SSSR count). The number of hydrogen-bond donors (Lipinski definition) is 2. The Balaban J connectivity index is 1.33. The fourth-order valence-electron chi connectivity index (χ4n) is 3.51. The van der Waals surface area contributed by atoms with Gasteiger partial charge in [-0.15, -0.1) is 0 Å². The van der Waals surface area contributed by atoms with E-state index in [0.717, 1.165) is 37.5 Å². The largest absolute Gasteiger partial charge is 0.321 e. The lowest BCUT2D eigenvalue weighted by Crippen LogP contribution is -3.15. The quantitative estimate of drug-likeness (QED) is 0.721. The number of aromatic amines is 1. The van der Waals surface area contributed by atoms with E-state index >= 15 is 0 Å². The summed E-state index contributed by atoms with van der Waals surface area (Å²) in [6.07, 6.45) is 0. The van der Waals surface area contributed by atoms with E-state index in [1.165, 1.54) is 10.3 Å². The number of piperazine rings is 1. The lowest BCUT2D eigenvalue weighted by Gasteiger charge is -2.28. The molecule has 1 aliphatic rings. The smallest absolute Gasteiger partial charge is 0.279 e. The van der Waals surface area contributed by atoms with Crippen LogP contribution >= 0.6 is 11.6 Å². The number of H-pyrrole nitrogens is 1. The summed E-state index contributed by atoms with van der Waals surface area (Å²) in [4.78, 5) is 19.5. The monoisotopic (exact) mass is 382 g/mol. The second kappa shape index (κ2) is 7.94. The van der Waals surface area contributed by atoms with Crippen molar-refractivity contribution in [1.29, 1.82) is 0 Å². The second-order valence-corrected chi connectivity index (χ2v) is 7.28. The molecule has 1 saturated heterocycles. The molecule has 5 nitrogen and oxygen atoms in total. The molecule has 27 heavy (non-hydrogen) atoms. The van der Waals surface area contributed by atoms with Crippen LogP contribution in [0, 0.1) is 0 Å². The topological polar surface area (TPSA) is 50.9 Å². The van der Waals surface area contributed by atoms with Gasteiger partial charge in [0.15, 0.2) is 6.54 Å². The molecule has 3 aromatic rings. The lowest BCUT2D eigenvalue weighted by atomic mass is 10.2. The van der Waals surface area contributed by atoms with E-state index in [1.54, 1.807) is 6.07 Å². The van der Waals surface area contributed by atoms with Crippen LogP contribution < -0.4 is 20.1 Å². The van der Waals surface area contributed by atoms with E-state index in [9.17, 15) is 4.79 Å². The third-order valence-electron chi connectivity index (χ3n) is 5.01. The van der Waals surface area contributed by atoms with Gasteiger partial charge in [0.1, 0.15) is 31.7 Å². The fourth-order valence-corrected chi connectivity index (χ4v) is 3.70.